The van der Waals surface area contributed by atoms with E-state index in [9.17, 15) is 52.6 Å². The summed E-state index contributed by atoms with van der Waals surface area (Å²) in [6, 6.07) is 18.0. The average molecular weight is 919 g/mol. The highest BCUT2D eigenvalue weighted by atomic mass is 32.3. The molecule has 3 aromatic carbocycles. The summed E-state index contributed by atoms with van der Waals surface area (Å²) in [7, 11) is -17.4. The van der Waals surface area contributed by atoms with Crippen molar-refractivity contribution >= 4 is 58.3 Å². The summed E-state index contributed by atoms with van der Waals surface area (Å²) in [5.41, 5.74) is 3.95. The van der Waals surface area contributed by atoms with Crippen LogP contribution in [0.5, 0.6) is 5.75 Å². The van der Waals surface area contributed by atoms with Crippen LogP contribution in [-0.2, 0) is 41.2 Å². The summed E-state index contributed by atoms with van der Waals surface area (Å²) in [5, 5.41) is 0. The molecule has 3 aliphatic rings. The Bertz CT molecular complexity index is 2710. The van der Waals surface area contributed by atoms with Crippen LogP contribution in [0.4, 0.5) is 11.4 Å². The third-order valence-corrected chi connectivity index (χ3v) is 14.6. The molecule has 15 nitrogen and oxygen atoms in total. The van der Waals surface area contributed by atoms with Crippen molar-refractivity contribution in [3.8, 4) is 5.75 Å². The topological polar surface area (TPSA) is 242 Å². The molecule has 0 saturated heterocycles. The number of fused-ring (bicyclic) bond motifs is 2. The van der Waals surface area contributed by atoms with Crippen molar-refractivity contribution in [2.75, 3.05) is 29.5 Å². The lowest BCUT2D eigenvalue weighted by atomic mass is 9.81. The summed E-state index contributed by atoms with van der Waals surface area (Å²) in [4.78, 5) is 1.52. The monoisotopic (exact) mass is 918 g/mol. The van der Waals surface area contributed by atoms with Crippen molar-refractivity contribution in [2.45, 2.75) is 80.4 Å². The van der Waals surface area contributed by atoms with Gasteiger partial charge >= 0.3 is 0 Å². The SMILES string of the molecule is CC1(C)C(/C=C/C2=C(Oc3ccccc3)C(=C/C=C3\N(CCCS(=O)(=O)[O-])c4ccc(S(O)(O)O)cc4C3(C)C)/CCC2)=[N+](CCCS(=O)(=O)O)c2ccc(S(=O)(=O)O)cc21. The van der Waals surface area contributed by atoms with E-state index in [0.29, 0.717) is 52.6 Å². The molecular weight excluding hydrogens is 869 g/mol. The van der Waals surface area contributed by atoms with Gasteiger partial charge < -0.3 is 27.8 Å². The van der Waals surface area contributed by atoms with Gasteiger partial charge in [0.05, 0.1) is 31.1 Å². The quantitative estimate of drug-likeness (QED) is 0.0722. The van der Waals surface area contributed by atoms with E-state index < -0.39 is 63.6 Å². The summed E-state index contributed by atoms with van der Waals surface area (Å²) in [5.74, 6) is 0.0592. The molecular formula is C42H50N2O13S4. The van der Waals surface area contributed by atoms with Crippen molar-refractivity contribution in [2.24, 2.45) is 0 Å². The molecule has 1 aliphatic carbocycles. The summed E-state index contributed by atoms with van der Waals surface area (Å²) in [6.45, 7) is 7.93. The van der Waals surface area contributed by atoms with Crippen molar-refractivity contribution < 1.29 is 61.9 Å². The second-order valence-electron chi connectivity index (χ2n) is 16.2. The van der Waals surface area contributed by atoms with Crippen molar-refractivity contribution in [3.05, 3.63) is 125 Å². The van der Waals surface area contributed by atoms with Crippen LogP contribution < -0.4 is 9.64 Å². The number of allylic oxidation sites excluding steroid dienone is 7. The van der Waals surface area contributed by atoms with E-state index in [0.717, 1.165) is 23.3 Å². The standard InChI is InChI=1S/C42H50N2O13S4/c1-41(2)34-27-32(60(51,52)53)17-19-36(34)43(23-9-25-58(45,46)47)38(41)21-15-29-11-8-12-30(40(29)57-31-13-6-5-7-14-31)16-22-39-42(3,4)35-28-33(61(54,55)56)18-20-37(35)44(39)24-10-26-59(48,49)50/h5-7,13-22,27-28H,8-12,23-26H2,1-4H3,(H5-,45,46,47,48,49,50,51,52,53,54,55,56). The third-order valence-electron chi connectivity index (χ3n) is 11.2. The maximum Gasteiger partial charge on any atom is 0.294 e. The van der Waals surface area contributed by atoms with Crippen LogP contribution in [0.25, 0.3) is 0 Å². The Labute approximate surface area is 358 Å². The van der Waals surface area contributed by atoms with E-state index in [-0.39, 0.29) is 35.7 Å². The zero-order chi connectivity index (χ0) is 44.8. The van der Waals surface area contributed by atoms with Crippen molar-refractivity contribution in [3.63, 3.8) is 0 Å². The highest BCUT2D eigenvalue weighted by Crippen LogP contribution is 2.53. The van der Waals surface area contributed by atoms with Gasteiger partial charge in [-0.3, -0.25) is 9.11 Å². The Morgan fingerprint density at radius 3 is 2.08 bits per heavy atom. The second kappa shape index (κ2) is 17.2. The lowest BCUT2D eigenvalue weighted by Gasteiger charge is -2.28. The molecule has 0 spiro atoms. The lowest BCUT2D eigenvalue weighted by molar-refractivity contribution is -0.437. The van der Waals surface area contributed by atoms with E-state index in [1.54, 1.807) is 12.1 Å². The van der Waals surface area contributed by atoms with E-state index >= 15 is 0 Å². The molecule has 2 heterocycles. The number of anilines is 1. The van der Waals surface area contributed by atoms with Gasteiger partial charge in [-0.25, -0.2) is 8.42 Å². The first-order valence-electron chi connectivity index (χ1n) is 19.4. The van der Waals surface area contributed by atoms with Crippen LogP contribution in [0.1, 0.15) is 70.9 Å². The van der Waals surface area contributed by atoms with E-state index in [2.05, 4.69) is 0 Å². The smallest absolute Gasteiger partial charge is 0.294 e. The Morgan fingerprint density at radius 2 is 1.44 bits per heavy atom. The van der Waals surface area contributed by atoms with Crippen LogP contribution in [0.2, 0.25) is 0 Å². The first-order valence-corrected chi connectivity index (χ1v) is 25.5. The zero-order valence-electron chi connectivity index (χ0n) is 34.1. The van der Waals surface area contributed by atoms with Gasteiger partial charge in [0.2, 0.25) is 5.69 Å². The normalized spacial score (nSPS) is 19.6. The van der Waals surface area contributed by atoms with Gasteiger partial charge in [0.25, 0.3) is 20.2 Å². The summed E-state index contributed by atoms with van der Waals surface area (Å²) in [6.07, 6.45) is 9.63. The molecule has 0 atom stereocenters. The van der Waals surface area contributed by atoms with Gasteiger partial charge in [-0.05, 0) is 111 Å². The molecule has 0 fully saturated rings. The van der Waals surface area contributed by atoms with Gasteiger partial charge in [0.1, 0.15) is 28.9 Å². The Kier molecular flexibility index (Phi) is 13.1. The lowest BCUT2D eigenvalue weighted by Crippen LogP contribution is -2.28. The van der Waals surface area contributed by atoms with E-state index in [1.165, 1.54) is 24.3 Å². The zero-order valence-corrected chi connectivity index (χ0v) is 37.3. The molecule has 3 aromatic rings. The largest absolute Gasteiger partial charge is 0.748 e. The summed E-state index contributed by atoms with van der Waals surface area (Å²) < 4.78 is 140. The number of hydrogen-bond donors (Lipinski definition) is 5. The molecule has 0 bridgehead atoms. The Hall–Kier alpha value is -4.15. The number of para-hydroxylation sites is 1. The van der Waals surface area contributed by atoms with Crippen molar-refractivity contribution in [1.82, 2.24) is 0 Å². The predicted octanol–water partition coefficient (Wildman–Crippen LogP) is 7.79. The third kappa shape index (κ3) is 10.6. The van der Waals surface area contributed by atoms with Gasteiger partial charge in [-0.2, -0.15) is 21.4 Å². The number of nitrogens with zero attached hydrogens (tertiary/aromatic N) is 2. The van der Waals surface area contributed by atoms with E-state index in [4.69, 9.17) is 4.74 Å². The Morgan fingerprint density at radius 1 is 0.770 bits per heavy atom. The molecule has 2 aliphatic heterocycles. The van der Waals surface area contributed by atoms with Crippen molar-refractivity contribution in [1.29, 1.82) is 0 Å². The Balaban J connectivity index is 1.47. The number of benzene rings is 3. The highest BCUT2D eigenvalue weighted by Gasteiger charge is 2.45. The van der Waals surface area contributed by atoms with Crippen LogP contribution in [0, 0.1) is 0 Å². The van der Waals surface area contributed by atoms with Crippen LogP contribution in [0.3, 0.4) is 0 Å². The number of hydrogen-bond acceptors (Lipinski definition) is 12. The molecule has 6 rings (SSSR count). The van der Waals surface area contributed by atoms with Crippen LogP contribution >= 0.6 is 10.9 Å². The molecule has 0 radical (unpaired) electrons. The van der Waals surface area contributed by atoms with Crippen LogP contribution in [0.15, 0.2) is 123 Å². The minimum Gasteiger partial charge on any atom is -0.748 e. The maximum absolute atomic E-state index is 12.2. The second-order valence-corrected chi connectivity index (χ2v) is 22.3. The highest BCUT2D eigenvalue weighted by molar-refractivity contribution is 8.19. The fraction of sp³-hybridized carbons (Fsp3) is 0.357. The first-order chi connectivity index (χ1) is 28.3. The number of ether oxygens (including phenoxy) is 1. The van der Waals surface area contributed by atoms with Crippen LogP contribution in [-0.4, -0.2) is 87.5 Å². The molecule has 5 N–H and O–H groups in total. The van der Waals surface area contributed by atoms with E-state index in [1.807, 2.05) is 91.8 Å². The molecule has 0 unspecified atom stereocenters. The van der Waals surface area contributed by atoms with Gasteiger partial charge in [0.15, 0.2) is 5.71 Å². The van der Waals surface area contributed by atoms with Gasteiger partial charge in [0, 0.05) is 53.2 Å². The van der Waals surface area contributed by atoms with Gasteiger partial charge in [-0.15, -0.1) is 0 Å². The fourth-order valence-corrected chi connectivity index (χ4v) is 10.3. The fourth-order valence-electron chi connectivity index (χ4n) is 8.24. The molecule has 0 amide bonds. The summed E-state index contributed by atoms with van der Waals surface area (Å²) >= 11 is 0. The molecule has 0 aromatic heterocycles. The number of rotatable bonds is 15. The minimum atomic E-state index is -4.54. The maximum atomic E-state index is 12.2. The minimum absolute atomic E-state index is 0.0203. The first kappa shape index (κ1) is 46.4. The predicted molar refractivity (Wildman–Crippen MR) is 233 cm³/mol. The molecule has 0 saturated carbocycles. The molecule has 19 heteroatoms. The molecule has 61 heavy (non-hydrogen) atoms. The van der Waals surface area contributed by atoms with Gasteiger partial charge in [-0.1, -0.05) is 38.1 Å². The average Bonchev–Trinajstić information content (AvgIpc) is 3.49. The molecule has 330 valence electrons.